The first-order valence-corrected chi connectivity index (χ1v) is 5.53. The maximum atomic E-state index is 11.8. The number of carbonyl (C=O) groups is 2. The van der Waals surface area contributed by atoms with E-state index in [9.17, 15) is 9.59 Å². The van der Waals surface area contributed by atoms with Crippen molar-refractivity contribution in [2.24, 2.45) is 0 Å². The molecular weight excluding hydrogens is 234 g/mol. The number of nitrogens with one attached hydrogen (secondary N) is 2. The maximum absolute atomic E-state index is 11.8. The Morgan fingerprint density at radius 1 is 1.28 bits per heavy atom. The van der Waals surface area contributed by atoms with Crippen molar-refractivity contribution in [3.63, 3.8) is 0 Å². The van der Waals surface area contributed by atoms with Gasteiger partial charge in [-0.25, -0.2) is 4.98 Å². The molecule has 0 saturated heterocycles. The third-order valence-corrected chi connectivity index (χ3v) is 2.38. The molecule has 1 heterocycles. The van der Waals surface area contributed by atoms with Crippen LogP contribution in [0, 0.1) is 0 Å². The molecule has 6 nitrogen and oxygen atoms in total. The fourth-order valence-electron chi connectivity index (χ4n) is 1.52. The third-order valence-electron chi connectivity index (χ3n) is 2.38. The van der Waals surface area contributed by atoms with E-state index in [1.165, 1.54) is 13.3 Å². The largest absolute Gasteiger partial charge is 0.443 e. The Hall–Kier alpha value is -2.37. The summed E-state index contributed by atoms with van der Waals surface area (Å²) in [5, 5.41) is 5.30. The molecule has 0 saturated carbocycles. The van der Waals surface area contributed by atoms with Crippen LogP contribution in [0.1, 0.15) is 17.3 Å². The molecule has 0 spiro atoms. The van der Waals surface area contributed by atoms with Crippen molar-refractivity contribution in [1.29, 1.82) is 0 Å². The average Bonchev–Trinajstić information content (AvgIpc) is 2.81. The minimum absolute atomic E-state index is 0.117. The molecule has 2 aromatic rings. The highest BCUT2D eigenvalue weighted by molar-refractivity contribution is 5.97. The third kappa shape index (κ3) is 2.85. The molecule has 0 unspecified atom stereocenters. The standard InChI is InChI=1S/C12H13N3O3/c1-8(16)13-4-5-14-12(17)9-2-3-11-10(6-9)15-7-18-11/h2-3,6-7H,4-5H2,1H3,(H,13,16)(H,14,17). The first-order chi connectivity index (χ1) is 8.66. The van der Waals surface area contributed by atoms with E-state index in [1.807, 2.05) is 0 Å². The normalized spacial score (nSPS) is 10.3. The number of rotatable bonds is 4. The molecule has 1 aromatic heterocycles. The lowest BCUT2D eigenvalue weighted by molar-refractivity contribution is -0.118. The van der Waals surface area contributed by atoms with E-state index in [0.29, 0.717) is 29.8 Å². The van der Waals surface area contributed by atoms with Gasteiger partial charge in [-0.15, -0.1) is 0 Å². The Labute approximate surface area is 103 Å². The van der Waals surface area contributed by atoms with Gasteiger partial charge in [0, 0.05) is 25.6 Å². The number of aromatic nitrogens is 1. The SMILES string of the molecule is CC(=O)NCCNC(=O)c1ccc2ocnc2c1. The predicted molar refractivity (Wildman–Crippen MR) is 65.0 cm³/mol. The van der Waals surface area contributed by atoms with E-state index in [0.717, 1.165) is 0 Å². The second kappa shape index (κ2) is 5.31. The van der Waals surface area contributed by atoms with Crippen LogP contribution in [-0.2, 0) is 4.79 Å². The fraction of sp³-hybridized carbons (Fsp3) is 0.250. The Morgan fingerprint density at radius 2 is 2.06 bits per heavy atom. The van der Waals surface area contributed by atoms with E-state index >= 15 is 0 Å². The maximum Gasteiger partial charge on any atom is 0.251 e. The number of nitrogens with zero attached hydrogens (tertiary/aromatic N) is 1. The van der Waals surface area contributed by atoms with E-state index < -0.39 is 0 Å². The lowest BCUT2D eigenvalue weighted by atomic mass is 10.2. The van der Waals surface area contributed by atoms with Crippen molar-refractivity contribution in [2.45, 2.75) is 6.92 Å². The average molecular weight is 247 g/mol. The van der Waals surface area contributed by atoms with Gasteiger partial charge in [-0.2, -0.15) is 0 Å². The quantitative estimate of drug-likeness (QED) is 0.779. The van der Waals surface area contributed by atoms with Crippen LogP contribution in [0.25, 0.3) is 11.1 Å². The van der Waals surface area contributed by atoms with Gasteiger partial charge in [-0.3, -0.25) is 9.59 Å². The number of carbonyl (C=O) groups excluding carboxylic acids is 2. The molecule has 2 rings (SSSR count). The Kier molecular flexibility index (Phi) is 3.57. The van der Waals surface area contributed by atoms with Gasteiger partial charge in [-0.05, 0) is 18.2 Å². The number of hydrogen-bond donors (Lipinski definition) is 2. The molecule has 0 radical (unpaired) electrons. The summed E-state index contributed by atoms with van der Waals surface area (Å²) >= 11 is 0. The summed E-state index contributed by atoms with van der Waals surface area (Å²) in [5.74, 6) is -0.321. The van der Waals surface area contributed by atoms with Gasteiger partial charge in [0.1, 0.15) is 5.52 Å². The topological polar surface area (TPSA) is 84.2 Å². The fourth-order valence-corrected chi connectivity index (χ4v) is 1.52. The van der Waals surface area contributed by atoms with Crippen molar-refractivity contribution < 1.29 is 14.0 Å². The molecule has 0 bridgehead atoms. The number of amides is 2. The highest BCUT2D eigenvalue weighted by Crippen LogP contribution is 2.13. The van der Waals surface area contributed by atoms with Crippen LogP contribution in [0.15, 0.2) is 29.0 Å². The van der Waals surface area contributed by atoms with Crippen LogP contribution < -0.4 is 10.6 Å². The molecule has 2 N–H and O–H groups in total. The zero-order valence-corrected chi connectivity index (χ0v) is 9.90. The van der Waals surface area contributed by atoms with Gasteiger partial charge in [-0.1, -0.05) is 0 Å². The molecule has 0 fully saturated rings. The Bertz CT molecular complexity index is 577. The second-order valence-electron chi connectivity index (χ2n) is 3.77. The van der Waals surface area contributed by atoms with Gasteiger partial charge in [0.05, 0.1) is 0 Å². The lowest BCUT2D eigenvalue weighted by Gasteiger charge is -2.05. The van der Waals surface area contributed by atoms with E-state index in [4.69, 9.17) is 4.42 Å². The molecular formula is C12H13N3O3. The minimum Gasteiger partial charge on any atom is -0.443 e. The smallest absolute Gasteiger partial charge is 0.251 e. The molecule has 0 aliphatic rings. The van der Waals surface area contributed by atoms with Gasteiger partial charge in [0.25, 0.3) is 5.91 Å². The van der Waals surface area contributed by atoms with E-state index in [1.54, 1.807) is 18.2 Å². The summed E-state index contributed by atoms with van der Waals surface area (Å²) in [7, 11) is 0. The van der Waals surface area contributed by atoms with Gasteiger partial charge in [0.2, 0.25) is 5.91 Å². The Balaban J connectivity index is 1.93. The van der Waals surface area contributed by atoms with Crippen molar-refractivity contribution >= 4 is 22.9 Å². The first kappa shape index (κ1) is 12.1. The molecule has 94 valence electrons. The van der Waals surface area contributed by atoms with Crippen molar-refractivity contribution in [3.8, 4) is 0 Å². The van der Waals surface area contributed by atoms with Crippen LogP contribution in [0.5, 0.6) is 0 Å². The van der Waals surface area contributed by atoms with E-state index in [2.05, 4.69) is 15.6 Å². The van der Waals surface area contributed by atoms with Crippen molar-refractivity contribution in [2.75, 3.05) is 13.1 Å². The zero-order chi connectivity index (χ0) is 13.0. The zero-order valence-electron chi connectivity index (χ0n) is 9.90. The first-order valence-electron chi connectivity index (χ1n) is 5.53. The number of hydrogen-bond acceptors (Lipinski definition) is 4. The summed E-state index contributed by atoms with van der Waals surface area (Å²) in [6.07, 6.45) is 1.34. The monoisotopic (exact) mass is 247 g/mol. The molecule has 0 atom stereocenters. The van der Waals surface area contributed by atoms with Crippen LogP contribution in [0.2, 0.25) is 0 Å². The highest BCUT2D eigenvalue weighted by Gasteiger charge is 2.07. The van der Waals surface area contributed by atoms with Crippen molar-refractivity contribution in [1.82, 2.24) is 15.6 Å². The lowest BCUT2D eigenvalue weighted by Crippen LogP contribution is -2.33. The van der Waals surface area contributed by atoms with Crippen LogP contribution >= 0.6 is 0 Å². The summed E-state index contributed by atoms with van der Waals surface area (Å²) in [6.45, 7) is 2.23. The van der Waals surface area contributed by atoms with Crippen LogP contribution in [0.3, 0.4) is 0 Å². The molecule has 1 aromatic carbocycles. The van der Waals surface area contributed by atoms with Gasteiger partial charge < -0.3 is 15.1 Å². The van der Waals surface area contributed by atoms with Crippen LogP contribution in [-0.4, -0.2) is 29.9 Å². The van der Waals surface area contributed by atoms with Crippen molar-refractivity contribution in [3.05, 3.63) is 30.2 Å². The minimum atomic E-state index is -0.203. The van der Waals surface area contributed by atoms with Gasteiger partial charge >= 0.3 is 0 Å². The molecule has 0 aliphatic carbocycles. The summed E-state index contributed by atoms with van der Waals surface area (Å²) in [4.78, 5) is 26.4. The molecule has 6 heteroatoms. The molecule has 18 heavy (non-hydrogen) atoms. The van der Waals surface area contributed by atoms with E-state index in [-0.39, 0.29) is 11.8 Å². The van der Waals surface area contributed by atoms with Gasteiger partial charge in [0.15, 0.2) is 12.0 Å². The number of fused-ring (bicyclic) bond motifs is 1. The number of benzene rings is 1. The molecule has 0 aliphatic heterocycles. The Morgan fingerprint density at radius 3 is 2.83 bits per heavy atom. The molecule has 2 amide bonds. The predicted octanol–water partition coefficient (Wildman–Crippen LogP) is 0.694. The summed E-state index contributed by atoms with van der Waals surface area (Å²) in [6, 6.07) is 5.03. The summed E-state index contributed by atoms with van der Waals surface area (Å²) < 4.78 is 5.09. The number of oxazole rings is 1. The summed E-state index contributed by atoms with van der Waals surface area (Å²) in [5.41, 5.74) is 1.80. The highest BCUT2D eigenvalue weighted by atomic mass is 16.3. The second-order valence-corrected chi connectivity index (χ2v) is 3.77. The van der Waals surface area contributed by atoms with Crippen LogP contribution in [0.4, 0.5) is 0 Å².